The zero-order valence-corrected chi connectivity index (χ0v) is 9.55. The van der Waals surface area contributed by atoms with Crippen LogP contribution in [0.3, 0.4) is 0 Å². The molecule has 1 aliphatic heterocycles. The Morgan fingerprint density at radius 3 is 2.93 bits per heavy atom. The molecule has 0 amide bonds. The molecule has 2 N–H and O–H groups in total. The maximum atomic E-state index is 5.50. The Balaban J connectivity index is 1.70. The van der Waals surface area contributed by atoms with Crippen LogP contribution in [0.2, 0.25) is 0 Å². The van der Waals surface area contributed by atoms with Gasteiger partial charge in [-0.05, 0) is 50.5 Å². The monoisotopic (exact) mass is 208 g/mol. The van der Waals surface area contributed by atoms with Gasteiger partial charge < -0.3 is 15.1 Å². The standard InChI is InChI=1S/C12H20N2O/c1-9-5-13-6-11(9)7-14-8-12-4-3-10(2)15-12/h3-4,9,11,13-14H,5-8H2,1-2H3. The molecule has 84 valence electrons. The Bertz CT molecular complexity index is 308. The molecule has 15 heavy (non-hydrogen) atoms. The van der Waals surface area contributed by atoms with E-state index in [2.05, 4.69) is 17.6 Å². The Morgan fingerprint density at radius 1 is 1.47 bits per heavy atom. The first-order chi connectivity index (χ1) is 7.25. The molecule has 0 bridgehead atoms. The van der Waals surface area contributed by atoms with Gasteiger partial charge in [-0.25, -0.2) is 0 Å². The maximum absolute atomic E-state index is 5.50. The quantitative estimate of drug-likeness (QED) is 0.788. The highest BCUT2D eigenvalue weighted by Crippen LogP contribution is 2.14. The molecule has 0 radical (unpaired) electrons. The van der Waals surface area contributed by atoms with Crippen LogP contribution in [0.1, 0.15) is 18.4 Å². The first kappa shape index (κ1) is 10.7. The number of nitrogens with one attached hydrogen (secondary N) is 2. The van der Waals surface area contributed by atoms with Crippen LogP contribution in [0, 0.1) is 18.8 Å². The van der Waals surface area contributed by atoms with Crippen molar-refractivity contribution in [3.63, 3.8) is 0 Å². The molecule has 1 saturated heterocycles. The average molecular weight is 208 g/mol. The zero-order valence-electron chi connectivity index (χ0n) is 9.55. The molecule has 0 aliphatic carbocycles. The maximum Gasteiger partial charge on any atom is 0.117 e. The van der Waals surface area contributed by atoms with Gasteiger partial charge in [0.05, 0.1) is 6.54 Å². The number of furan rings is 1. The second-order valence-corrected chi connectivity index (χ2v) is 4.54. The van der Waals surface area contributed by atoms with Gasteiger partial charge in [0.1, 0.15) is 11.5 Å². The number of rotatable bonds is 4. The lowest BCUT2D eigenvalue weighted by atomic mass is 9.98. The predicted molar refractivity (Wildman–Crippen MR) is 60.7 cm³/mol. The fourth-order valence-corrected chi connectivity index (χ4v) is 2.10. The van der Waals surface area contributed by atoms with Gasteiger partial charge in [0.25, 0.3) is 0 Å². The molecule has 2 atom stereocenters. The van der Waals surface area contributed by atoms with Crippen molar-refractivity contribution < 1.29 is 4.42 Å². The van der Waals surface area contributed by atoms with Gasteiger partial charge in [0, 0.05) is 0 Å². The SMILES string of the molecule is Cc1ccc(CNCC2CNCC2C)o1. The second kappa shape index (κ2) is 4.81. The van der Waals surface area contributed by atoms with Crippen molar-refractivity contribution in [3.05, 3.63) is 23.7 Å². The van der Waals surface area contributed by atoms with E-state index in [1.165, 1.54) is 0 Å². The molecule has 2 unspecified atom stereocenters. The van der Waals surface area contributed by atoms with Crippen LogP contribution in [0.5, 0.6) is 0 Å². The zero-order chi connectivity index (χ0) is 10.7. The van der Waals surface area contributed by atoms with Gasteiger partial charge in [-0.15, -0.1) is 0 Å². The topological polar surface area (TPSA) is 37.2 Å². The number of hydrogen-bond donors (Lipinski definition) is 2. The summed E-state index contributed by atoms with van der Waals surface area (Å²) < 4.78 is 5.50. The van der Waals surface area contributed by atoms with Crippen molar-refractivity contribution in [2.45, 2.75) is 20.4 Å². The van der Waals surface area contributed by atoms with Gasteiger partial charge in [0.2, 0.25) is 0 Å². The number of aryl methyl sites for hydroxylation is 1. The molecule has 1 aromatic rings. The lowest BCUT2D eigenvalue weighted by molar-refractivity contribution is 0.398. The molecule has 0 spiro atoms. The number of hydrogen-bond acceptors (Lipinski definition) is 3. The summed E-state index contributed by atoms with van der Waals surface area (Å²) in [6.07, 6.45) is 0. The molecular weight excluding hydrogens is 188 g/mol. The summed E-state index contributed by atoms with van der Waals surface area (Å²) >= 11 is 0. The summed E-state index contributed by atoms with van der Waals surface area (Å²) in [5.41, 5.74) is 0. The summed E-state index contributed by atoms with van der Waals surface area (Å²) in [4.78, 5) is 0. The molecule has 0 saturated carbocycles. The van der Waals surface area contributed by atoms with Gasteiger partial charge >= 0.3 is 0 Å². The second-order valence-electron chi connectivity index (χ2n) is 4.54. The lowest BCUT2D eigenvalue weighted by Gasteiger charge is -2.14. The van der Waals surface area contributed by atoms with E-state index in [-0.39, 0.29) is 0 Å². The van der Waals surface area contributed by atoms with E-state index >= 15 is 0 Å². The largest absolute Gasteiger partial charge is 0.465 e. The van der Waals surface area contributed by atoms with Gasteiger partial charge in [-0.3, -0.25) is 0 Å². The van der Waals surface area contributed by atoms with E-state index in [1.807, 2.05) is 19.1 Å². The van der Waals surface area contributed by atoms with Crippen molar-refractivity contribution in [1.82, 2.24) is 10.6 Å². The Labute approximate surface area is 91.2 Å². The highest BCUT2D eigenvalue weighted by molar-refractivity contribution is 5.05. The summed E-state index contributed by atoms with van der Waals surface area (Å²) in [5.74, 6) is 3.57. The molecule has 2 rings (SSSR count). The van der Waals surface area contributed by atoms with Crippen molar-refractivity contribution >= 4 is 0 Å². The Kier molecular flexibility index (Phi) is 3.44. The normalized spacial score (nSPS) is 26.0. The third-order valence-electron chi connectivity index (χ3n) is 3.18. The van der Waals surface area contributed by atoms with Gasteiger partial charge in [-0.2, -0.15) is 0 Å². The minimum Gasteiger partial charge on any atom is -0.465 e. The lowest BCUT2D eigenvalue weighted by Crippen LogP contribution is -2.26. The molecule has 2 heterocycles. The summed E-state index contributed by atoms with van der Waals surface area (Å²) in [5, 5.41) is 6.87. The van der Waals surface area contributed by atoms with E-state index in [4.69, 9.17) is 4.42 Å². The van der Waals surface area contributed by atoms with E-state index in [1.54, 1.807) is 0 Å². The highest BCUT2D eigenvalue weighted by atomic mass is 16.3. The Hall–Kier alpha value is -0.800. The van der Waals surface area contributed by atoms with Crippen LogP contribution >= 0.6 is 0 Å². The minimum absolute atomic E-state index is 0.765. The summed E-state index contributed by atoms with van der Waals surface area (Å²) in [6, 6.07) is 4.05. The predicted octanol–water partition coefficient (Wildman–Crippen LogP) is 1.53. The first-order valence-electron chi connectivity index (χ1n) is 5.72. The minimum atomic E-state index is 0.765. The van der Waals surface area contributed by atoms with E-state index in [0.29, 0.717) is 0 Å². The molecular formula is C12H20N2O. The van der Waals surface area contributed by atoms with Gasteiger partial charge in [-0.1, -0.05) is 6.92 Å². The highest BCUT2D eigenvalue weighted by Gasteiger charge is 2.22. The molecule has 3 heteroatoms. The molecule has 1 aromatic heterocycles. The van der Waals surface area contributed by atoms with Crippen LogP contribution in [0.25, 0.3) is 0 Å². The molecule has 1 aliphatic rings. The van der Waals surface area contributed by atoms with Crippen molar-refractivity contribution in [2.75, 3.05) is 19.6 Å². The van der Waals surface area contributed by atoms with Crippen LogP contribution < -0.4 is 10.6 Å². The van der Waals surface area contributed by atoms with Crippen LogP contribution in [0.15, 0.2) is 16.5 Å². The molecule has 0 aromatic carbocycles. The van der Waals surface area contributed by atoms with E-state index in [0.717, 1.165) is 49.5 Å². The Morgan fingerprint density at radius 2 is 2.33 bits per heavy atom. The third-order valence-corrected chi connectivity index (χ3v) is 3.18. The van der Waals surface area contributed by atoms with E-state index in [9.17, 15) is 0 Å². The van der Waals surface area contributed by atoms with Crippen LogP contribution in [-0.4, -0.2) is 19.6 Å². The van der Waals surface area contributed by atoms with Gasteiger partial charge in [0.15, 0.2) is 0 Å². The fourth-order valence-electron chi connectivity index (χ4n) is 2.10. The average Bonchev–Trinajstić information content (AvgIpc) is 2.77. The fraction of sp³-hybridized carbons (Fsp3) is 0.667. The van der Waals surface area contributed by atoms with Crippen LogP contribution in [0.4, 0.5) is 0 Å². The summed E-state index contributed by atoms with van der Waals surface area (Å²) in [6.45, 7) is 8.51. The van der Waals surface area contributed by atoms with Crippen molar-refractivity contribution in [3.8, 4) is 0 Å². The molecule has 3 nitrogen and oxygen atoms in total. The van der Waals surface area contributed by atoms with E-state index < -0.39 is 0 Å². The first-order valence-corrected chi connectivity index (χ1v) is 5.72. The van der Waals surface area contributed by atoms with Crippen molar-refractivity contribution in [2.24, 2.45) is 11.8 Å². The van der Waals surface area contributed by atoms with Crippen LogP contribution in [-0.2, 0) is 6.54 Å². The molecule has 1 fully saturated rings. The smallest absolute Gasteiger partial charge is 0.117 e. The third kappa shape index (κ3) is 2.83. The van der Waals surface area contributed by atoms with Crippen molar-refractivity contribution in [1.29, 1.82) is 0 Å². The summed E-state index contributed by atoms with van der Waals surface area (Å²) in [7, 11) is 0.